The fourth-order valence-corrected chi connectivity index (χ4v) is 2.53. The number of fused-ring (bicyclic) bond motifs is 1. The van der Waals surface area contributed by atoms with Crippen molar-refractivity contribution >= 4 is 11.0 Å². The molecule has 0 amide bonds. The van der Waals surface area contributed by atoms with Gasteiger partial charge in [0.25, 0.3) is 0 Å². The molecule has 1 aromatic carbocycles. The van der Waals surface area contributed by atoms with Gasteiger partial charge in [-0.1, -0.05) is 6.92 Å². The van der Waals surface area contributed by atoms with Crippen LogP contribution in [0.5, 0.6) is 5.75 Å². The minimum absolute atomic E-state index is 0.196. The van der Waals surface area contributed by atoms with E-state index in [0.717, 1.165) is 29.0 Å². The van der Waals surface area contributed by atoms with Crippen LogP contribution in [0.3, 0.4) is 0 Å². The van der Waals surface area contributed by atoms with Crippen molar-refractivity contribution in [2.75, 3.05) is 21.2 Å². The Morgan fingerprint density at radius 3 is 2.75 bits per heavy atom. The molecule has 0 aliphatic heterocycles. The van der Waals surface area contributed by atoms with Crippen molar-refractivity contribution in [3.63, 3.8) is 0 Å². The second-order valence-electron chi connectivity index (χ2n) is 4.96. The summed E-state index contributed by atoms with van der Waals surface area (Å²) in [5.74, 6) is 1.71. The topological polar surface area (TPSA) is 54.1 Å². The fourth-order valence-electron chi connectivity index (χ4n) is 2.53. The van der Waals surface area contributed by atoms with Crippen LogP contribution >= 0.6 is 0 Å². The maximum atomic E-state index is 9.08. The van der Waals surface area contributed by atoms with Crippen molar-refractivity contribution < 1.29 is 4.74 Å². The quantitative estimate of drug-likeness (QED) is 0.839. The molecule has 1 unspecified atom stereocenters. The molecule has 0 radical (unpaired) electrons. The highest BCUT2D eigenvalue weighted by atomic mass is 16.5. The van der Waals surface area contributed by atoms with Crippen molar-refractivity contribution in [3.8, 4) is 11.8 Å². The Kier molecular flexibility index (Phi) is 4.26. The molecule has 1 aromatic heterocycles. The smallest absolute Gasteiger partial charge is 0.128 e. The molecule has 2 aromatic rings. The molecule has 0 N–H and O–H groups in total. The summed E-state index contributed by atoms with van der Waals surface area (Å²) in [4.78, 5) is 6.85. The van der Waals surface area contributed by atoms with E-state index in [1.54, 1.807) is 7.11 Å². The second-order valence-corrected chi connectivity index (χ2v) is 4.96. The summed E-state index contributed by atoms with van der Waals surface area (Å²) in [6.07, 6.45) is 0.943. The van der Waals surface area contributed by atoms with E-state index in [4.69, 9.17) is 15.0 Å². The first-order valence-corrected chi connectivity index (χ1v) is 6.69. The maximum Gasteiger partial charge on any atom is 0.128 e. The standard InChI is InChI=1S/C15H20N4O/c1-5-13(18(2)3)15-17-12-10-11(20-4)6-7-14(12)19(15)9-8-16/h6-7,10,13H,5,9H2,1-4H3. The summed E-state index contributed by atoms with van der Waals surface area (Å²) >= 11 is 0. The zero-order chi connectivity index (χ0) is 14.7. The van der Waals surface area contributed by atoms with Crippen LogP contribution in [0.25, 0.3) is 11.0 Å². The molecular weight excluding hydrogens is 252 g/mol. The highest BCUT2D eigenvalue weighted by Gasteiger charge is 2.20. The Morgan fingerprint density at radius 1 is 1.45 bits per heavy atom. The van der Waals surface area contributed by atoms with E-state index >= 15 is 0 Å². The number of rotatable bonds is 5. The molecule has 0 spiro atoms. The highest BCUT2D eigenvalue weighted by molar-refractivity contribution is 5.78. The number of methoxy groups -OCH3 is 1. The first kappa shape index (κ1) is 14.4. The molecule has 0 aliphatic carbocycles. The molecule has 5 nitrogen and oxygen atoms in total. The Hall–Kier alpha value is -2.06. The fraction of sp³-hybridized carbons (Fsp3) is 0.467. The van der Waals surface area contributed by atoms with Gasteiger partial charge in [-0.25, -0.2) is 4.98 Å². The number of ether oxygens (including phenoxy) is 1. The van der Waals surface area contributed by atoms with Crippen LogP contribution < -0.4 is 4.74 Å². The lowest BCUT2D eigenvalue weighted by atomic mass is 10.2. The van der Waals surface area contributed by atoms with E-state index in [1.165, 1.54) is 0 Å². The SMILES string of the molecule is CCC(c1nc2cc(OC)ccc2n1CC#N)N(C)C. The van der Waals surface area contributed by atoms with Crippen LogP contribution in [-0.4, -0.2) is 35.7 Å². The number of aromatic nitrogens is 2. The first-order valence-electron chi connectivity index (χ1n) is 6.69. The van der Waals surface area contributed by atoms with Gasteiger partial charge in [0.05, 0.1) is 30.3 Å². The molecule has 0 fully saturated rings. The largest absolute Gasteiger partial charge is 0.497 e. The van der Waals surface area contributed by atoms with Gasteiger partial charge < -0.3 is 9.30 Å². The Labute approximate surface area is 119 Å². The lowest BCUT2D eigenvalue weighted by molar-refractivity contribution is 0.275. The van der Waals surface area contributed by atoms with Gasteiger partial charge in [-0.15, -0.1) is 0 Å². The van der Waals surface area contributed by atoms with Gasteiger partial charge in [0.15, 0.2) is 0 Å². The van der Waals surface area contributed by atoms with E-state index in [0.29, 0.717) is 6.54 Å². The van der Waals surface area contributed by atoms with Crippen LogP contribution in [0, 0.1) is 11.3 Å². The van der Waals surface area contributed by atoms with Crippen molar-refractivity contribution in [1.82, 2.24) is 14.5 Å². The lowest BCUT2D eigenvalue weighted by Gasteiger charge is -2.22. The molecular formula is C15H20N4O. The third kappa shape index (κ3) is 2.47. The van der Waals surface area contributed by atoms with Gasteiger partial charge >= 0.3 is 0 Å². The Morgan fingerprint density at radius 2 is 2.20 bits per heavy atom. The molecule has 1 heterocycles. The first-order chi connectivity index (χ1) is 9.62. The number of hydrogen-bond donors (Lipinski definition) is 0. The lowest BCUT2D eigenvalue weighted by Crippen LogP contribution is -2.23. The van der Waals surface area contributed by atoms with Gasteiger partial charge in [0, 0.05) is 6.07 Å². The van der Waals surface area contributed by atoms with Gasteiger partial charge in [-0.3, -0.25) is 4.90 Å². The van der Waals surface area contributed by atoms with Crippen LogP contribution in [0.1, 0.15) is 25.2 Å². The normalized spacial score (nSPS) is 12.6. The summed E-state index contributed by atoms with van der Waals surface area (Å²) < 4.78 is 7.23. The van der Waals surface area contributed by atoms with Crippen LogP contribution in [-0.2, 0) is 6.54 Å². The minimum Gasteiger partial charge on any atom is -0.497 e. The Balaban J connectivity index is 2.63. The van der Waals surface area contributed by atoms with Gasteiger partial charge in [0.2, 0.25) is 0 Å². The van der Waals surface area contributed by atoms with E-state index in [-0.39, 0.29) is 6.04 Å². The van der Waals surface area contributed by atoms with Gasteiger partial charge in [0.1, 0.15) is 18.1 Å². The van der Waals surface area contributed by atoms with Crippen LogP contribution in [0.4, 0.5) is 0 Å². The molecule has 5 heteroatoms. The van der Waals surface area contributed by atoms with Crippen LogP contribution in [0.2, 0.25) is 0 Å². The number of benzene rings is 1. The molecule has 0 saturated carbocycles. The third-order valence-corrected chi connectivity index (χ3v) is 3.52. The van der Waals surface area contributed by atoms with E-state index in [9.17, 15) is 0 Å². The Bertz CT molecular complexity index is 639. The second kappa shape index (κ2) is 5.93. The van der Waals surface area contributed by atoms with Crippen molar-refractivity contribution in [3.05, 3.63) is 24.0 Å². The maximum absolute atomic E-state index is 9.08. The zero-order valence-electron chi connectivity index (χ0n) is 12.4. The van der Waals surface area contributed by atoms with E-state index < -0.39 is 0 Å². The predicted molar refractivity (Wildman–Crippen MR) is 78.6 cm³/mol. The van der Waals surface area contributed by atoms with Crippen LogP contribution in [0.15, 0.2) is 18.2 Å². The molecule has 1 atom stereocenters. The zero-order valence-corrected chi connectivity index (χ0v) is 12.4. The average molecular weight is 272 g/mol. The molecule has 0 saturated heterocycles. The molecule has 106 valence electrons. The number of imidazole rings is 1. The average Bonchev–Trinajstić information content (AvgIpc) is 2.77. The summed E-state index contributed by atoms with van der Waals surface area (Å²) in [5, 5.41) is 9.08. The molecule has 20 heavy (non-hydrogen) atoms. The van der Waals surface area contributed by atoms with Crippen molar-refractivity contribution in [2.24, 2.45) is 0 Å². The number of nitrogens with zero attached hydrogens (tertiary/aromatic N) is 4. The number of nitriles is 1. The molecule has 2 rings (SSSR count). The monoisotopic (exact) mass is 272 g/mol. The van der Waals surface area contributed by atoms with Crippen molar-refractivity contribution in [1.29, 1.82) is 5.26 Å². The summed E-state index contributed by atoms with van der Waals surface area (Å²) in [6.45, 7) is 2.43. The summed E-state index contributed by atoms with van der Waals surface area (Å²) in [7, 11) is 5.71. The third-order valence-electron chi connectivity index (χ3n) is 3.52. The number of hydrogen-bond acceptors (Lipinski definition) is 4. The summed E-state index contributed by atoms with van der Waals surface area (Å²) in [5.41, 5.74) is 1.84. The van der Waals surface area contributed by atoms with Gasteiger partial charge in [-0.2, -0.15) is 5.26 Å². The molecule has 0 bridgehead atoms. The predicted octanol–water partition coefficient (Wildman–Crippen LogP) is 2.58. The highest BCUT2D eigenvalue weighted by Crippen LogP contribution is 2.27. The van der Waals surface area contributed by atoms with Gasteiger partial charge in [-0.05, 0) is 32.6 Å². The molecule has 0 aliphatic rings. The van der Waals surface area contributed by atoms with E-state index in [1.807, 2.05) is 36.9 Å². The minimum atomic E-state index is 0.196. The van der Waals surface area contributed by atoms with Crippen molar-refractivity contribution in [2.45, 2.75) is 25.9 Å². The summed E-state index contributed by atoms with van der Waals surface area (Å²) in [6, 6.07) is 8.19. The van der Waals surface area contributed by atoms with E-state index in [2.05, 4.69) is 17.9 Å².